The highest BCUT2D eigenvalue weighted by atomic mass is 32.1. The molecule has 0 spiro atoms. The molecule has 5 heteroatoms. The van der Waals surface area contributed by atoms with Crippen molar-refractivity contribution < 1.29 is 14.6 Å². The molecule has 0 aliphatic rings. The van der Waals surface area contributed by atoms with Gasteiger partial charge in [-0.05, 0) is 80.8 Å². The number of hydrogen-bond acceptors (Lipinski definition) is 5. The van der Waals surface area contributed by atoms with Crippen molar-refractivity contribution in [2.45, 2.75) is 27.2 Å². The summed E-state index contributed by atoms with van der Waals surface area (Å²) in [7, 11) is 0. The zero-order valence-corrected chi connectivity index (χ0v) is 18.7. The van der Waals surface area contributed by atoms with Crippen LogP contribution in [0.5, 0.6) is 17.2 Å². The Balaban J connectivity index is 1.83. The number of aromatic hydroxyl groups is 1. The number of phenolic OH excluding ortho intramolecular Hbond substituents is 1. The number of fused-ring (bicyclic) bond motifs is 1. The third-order valence-electron chi connectivity index (χ3n) is 5.31. The van der Waals surface area contributed by atoms with Crippen LogP contribution in [0.2, 0.25) is 0 Å². The monoisotopic (exact) mass is 431 g/mol. The van der Waals surface area contributed by atoms with Gasteiger partial charge >= 0.3 is 0 Å². The second-order valence-electron chi connectivity index (χ2n) is 7.83. The van der Waals surface area contributed by atoms with Crippen molar-refractivity contribution in [2.75, 3.05) is 6.54 Å². The van der Waals surface area contributed by atoms with E-state index in [9.17, 15) is 9.90 Å². The molecule has 0 saturated heterocycles. The molecule has 3 aromatic carbocycles. The first-order valence-electron chi connectivity index (χ1n) is 10.2. The zero-order valence-electron chi connectivity index (χ0n) is 17.9. The molecule has 0 fully saturated rings. The van der Waals surface area contributed by atoms with Gasteiger partial charge in [0.15, 0.2) is 5.75 Å². The quantitative estimate of drug-likeness (QED) is 0.364. The smallest absolute Gasteiger partial charge is 0.207 e. The fourth-order valence-corrected chi connectivity index (χ4v) is 5.08. The Kier molecular flexibility index (Phi) is 5.81. The van der Waals surface area contributed by atoms with Gasteiger partial charge in [0.1, 0.15) is 16.4 Å². The van der Waals surface area contributed by atoms with Gasteiger partial charge in [-0.2, -0.15) is 0 Å². The SMILES string of the molecule is Cc1cc(C)c(C(=O)c2sc3cc(O)ccc3c2Oc2ccc(CCN)cc2)c(C)c1. The maximum Gasteiger partial charge on any atom is 0.207 e. The molecule has 4 rings (SSSR count). The van der Waals surface area contributed by atoms with Crippen LogP contribution in [-0.4, -0.2) is 17.4 Å². The Bertz CT molecular complexity index is 1250. The van der Waals surface area contributed by atoms with E-state index in [0.29, 0.717) is 28.5 Å². The number of rotatable bonds is 6. The van der Waals surface area contributed by atoms with E-state index in [1.807, 2.05) is 57.2 Å². The molecular formula is C26H25NO3S. The molecule has 0 saturated carbocycles. The maximum atomic E-state index is 13.7. The van der Waals surface area contributed by atoms with Crippen molar-refractivity contribution in [1.29, 1.82) is 0 Å². The van der Waals surface area contributed by atoms with E-state index in [2.05, 4.69) is 0 Å². The summed E-state index contributed by atoms with van der Waals surface area (Å²) in [6.45, 7) is 6.54. The lowest BCUT2D eigenvalue weighted by Crippen LogP contribution is -2.06. The van der Waals surface area contributed by atoms with Crippen LogP contribution in [0.25, 0.3) is 10.1 Å². The van der Waals surface area contributed by atoms with Crippen molar-refractivity contribution in [2.24, 2.45) is 5.73 Å². The van der Waals surface area contributed by atoms with Gasteiger partial charge in [0.25, 0.3) is 0 Å². The second-order valence-corrected chi connectivity index (χ2v) is 8.88. The van der Waals surface area contributed by atoms with Crippen LogP contribution in [0.1, 0.15) is 37.5 Å². The van der Waals surface area contributed by atoms with Crippen LogP contribution in [0.3, 0.4) is 0 Å². The molecule has 0 aliphatic carbocycles. The fourth-order valence-electron chi connectivity index (χ4n) is 3.97. The number of phenols is 1. The van der Waals surface area contributed by atoms with Gasteiger partial charge in [0.2, 0.25) is 5.78 Å². The molecule has 1 aromatic heterocycles. The van der Waals surface area contributed by atoms with E-state index in [-0.39, 0.29) is 11.5 Å². The fraction of sp³-hybridized carbons (Fsp3) is 0.192. The maximum absolute atomic E-state index is 13.7. The van der Waals surface area contributed by atoms with Crippen LogP contribution in [0.4, 0.5) is 0 Å². The average Bonchev–Trinajstić information content (AvgIpc) is 3.06. The van der Waals surface area contributed by atoms with Crippen molar-refractivity contribution in [3.8, 4) is 17.2 Å². The number of benzene rings is 3. The number of thiophene rings is 1. The van der Waals surface area contributed by atoms with E-state index in [1.54, 1.807) is 18.2 Å². The summed E-state index contributed by atoms with van der Waals surface area (Å²) in [5.74, 6) is 1.27. The molecule has 3 N–H and O–H groups in total. The third kappa shape index (κ3) is 4.20. The normalized spacial score (nSPS) is 11.1. The van der Waals surface area contributed by atoms with Gasteiger partial charge < -0.3 is 15.6 Å². The largest absolute Gasteiger partial charge is 0.508 e. The highest BCUT2D eigenvalue weighted by Crippen LogP contribution is 2.43. The van der Waals surface area contributed by atoms with Crippen LogP contribution in [-0.2, 0) is 6.42 Å². The van der Waals surface area contributed by atoms with Gasteiger partial charge in [0, 0.05) is 15.6 Å². The summed E-state index contributed by atoms with van der Waals surface area (Å²) in [6, 6.07) is 16.9. The van der Waals surface area contributed by atoms with Gasteiger partial charge in [-0.1, -0.05) is 29.8 Å². The Morgan fingerprint density at radius 2 is 1.68 bits per heavy atom. The molecule has 0 bridgehead atoms. The van der Waals surface area contributed by atoms with Crippen molar-refractivity contribution in [3.05, 3.63) is 87.3 Å². The first kappa shape index (κ1) is 21.1. The first-order chi connectivity index (χ1) is 14.9. The summed E-state index contributed by atoms with van der Waals surface area (Å²) < 4.78 is 7.06. The average molecular weight is 432 g/mol. The molecule has 31 heavy (non-hydrogen) atoms. The molecule has 0 radical (unpaired) electrons. The van der Waals surface area contributed by atoms with Gasteiger partial charge in [-0.15, -0.1) is 11.3 Å². The van der Waals surface area contributed by atoms with Crippen LogP contribution in [0, 0.1) is 20.8 Å². The molecular weight excluding hydrogens is 406 g/mol. The standard InChI is InChI=1S/C26H25NO3S/c1-15-12-16(2)23(17(3)13-15)24(29)26-25(21-9-6-19(28)14-22(21)31-26)30-20-7-4-18(5-8-20)10-11-27/h4-9,12-14,28H,10-11,27H2,1-3H3. The summed E-state index contributed by atoms with van der Waals surface area (Å²) >= 11 is 1.34. The van der Waals surface area contributed by atoms with Gasteiger partial charge in [-0.3, -0.25) is 4.79 Å². The number of carbonyl (C=O) groups excluding carboxylic acids is 1. The van der Waals surface area contributed by atoms with Gasteiger partial charge in [0.05, 0.1) is 0 Å². The molecule has 4 aromatic rings. The topological polar surface area (TPSA) is 72.5 Å². The number of ketones is 1. The van der Waals surface area contributed by atoms with Crippen LogP contribution >= 0.6 is 11.3 Å². The highest BCUT2D eigenvalue weighted by Gasteiger charge is 2.24. The second kappa shape index (κ2) is 8.53. The zero-order chi connectivity index (χ0) is 22.1. The number of nitrogens with two attached hydrogens (primary N) is 1. The molecule has 158 valence electrons. The Hall–Kier alpha value is -3.15. The van der Waals surface area contributed by atoms with E-state index >= 15 is 0 Å². The highest BCUT2D eigenvalue weighted by molar-refractivity contribution is 7.21. The lowest BCUT2D eigenvalue weighted by molar-refractivity contribution is 0.103. The molecule has 0 atom stereocenters. The van der Waals surface area contributed by atoms with Crippen molar-refractivity contribution in [1.82, 2.24) is 0 Å². The molecule has 1 heterocycles. The minimum absolute atomic E-state index is 0.0644. The Morgan fingerprint density at radius 3 is 2.32 bits per heavy atom. The minimum atomic E-state index is -0.0644. The lowest BCUT2D eigenvalue weighted by atomic mass is 9.95. The Morgan fingerprint density at radius 1 is 1.00 bits per heavy atom. The molecule has 0 amide bonds. The predicted molar refractivity (Wildman–Crippen MR) is 127 cm³/mol. The van der Waals surface area contributed by atoms with Crippen LogP contribution in [0.15, 0.2) is 54.6 Å². The van der Waals surface area contributed by atoms with Crippen molar-refractivity contribution in [3.63, 3.8) is 0 Å². The molecule has 0 unspecified atom stereocenters. The van der Waals surface area contributed by atoms with Gasteiger partial charge in [-0.25, -0.2) is 0 Å². The van der Waals surface area contributed by atoms with Crippen LogP contribution < -0.4 is 10.5 Å². The van der Waals surface area contributed by atoms with E-state index in [4.69, 9.17) is 10.5 Å². The summed E-state index contributed by atoms with van der Waals surface area (Å²) in [5.41, 5.74) is 10.5. The van der Waals surface area contributed by atoms with Crippen molar-refractivity contribution >= 4 is 27.2 Å². The minimum Gasteiger partial charge on any atom is -0.508 e. The summed E-state index contributed by atoms with van der Waals surface area (Å²) in [5, 5.41) is 10.8. The summed E-state index contributed by atoms with van der Waals surface area (Å²) in [4.78, 5) is 14.2. The molecule has 0 aliphatic heterocycles. The molecule has 4 nitrogen and oxygen atoms in total. The number of ether oxygens (including phenoxy) is 1. The van der Waals surface area contributed by atoms with E-state index < -0.39 is 0 Å². The predicted octanol–water partition coefficient (Wildman–Crippen LogP) is 6.06. The first-order valence-corrected chi connectivity index (χ1v) is 11.0. The van der Waals surface area contributed by atoms with E-state index in [1.165, 1.54) is 11.3 Å². The number of aryl methyl sites for hydroxylation is 3. The lowest BCUT2D eigenvalue weighted by Gasteiger charge is -2.12. The Labute approximate surface area is 185 Å². The summed E-state index contributed by atoms with van der Waals surface area (Å²) in [6.07, 6.45) is 0.802. The third-order valence-corrected chi connectivity index (χ3v) is 6.45. The van der Waals surface area contributed by atoms with E-state index in [0.717, 1.165) is 38.8 Å². The number of hydrogen-bond donors (Lipinski definition) is 2. The number of carbonyl (C=O) groups is 1.